The summed E-state index contributed by atoms with van der Waals surface area (Å²) in [5, 5.41) is 15.5. The first kappa shape index (κ1) is 15.6. The molecule has 1 fully saturated rings. The minimum absolute atomic E-state index is 0.141. The predicted molar refractivity (Wildman–Crippen MR) is 92.3 cm³/mol. The van der Waals surface area contributed by atoms with Gasteiger partial charge >= 0.3 is 6.03 Å². The Kier molecular flexibility index (Phi) is 4.93. The molecule has 0 radical (unpaired) electrons. The van der Waals surface area contributed by atoms with E-state index in [9.17, 15) is 9.90 Å². The molecular formula is C19H22N2O2. The maximum Gasteiger partial charge on any atom is 0.319 e. The topological polar surface area (TPSA) is 61.4 Å². The van der Waals surface area contributed by atoms with Crippen LogP contribution in [0.3, 0.4) is 0 Å². The zero-order valence-electron chi connectivity index (χ0n) is 13.0. The maximum absolute atomic E-state index is 12.3. The summed E-state index contributed by atoms with van der Waals surface area (Å²) in [5.74, 6) is 0. The molecule has 0 aliphatic heterocycles. The van der Waals surface area contributed by atoms with Gasteiger partial charge in [-0.2, -0.15) is 0 Å². The predicted octanol–water partition coefficient (Wildman–Crippen LogP) is 3.78. The molecule has 0 saturated heterocycles. The molecular weight excluding hydrogens is 288 g/mol. The minimum Gasteiger partial charge on any atom is -0.393 e. The lowest BCUT2D eigenvalue weighted by molar-refractivity contribution is 0.118. The fourth-order valence-corrected chi connectivity index (χ4v) is 3.03. The Bertz CT molecular complexity index is 649. The van der Waals surface area contributed by atoms with E-state index in [1.54, 1.807) is 0 Å². The molecule has 2 aromatic carbocycles. The van der Waals surface area contributed by atoms with Crippen LogP contribution in [0.4, 0.5) is 10.5 Å². The number of rotatable bonds is 3. The van der Waals surface area contributed by atoms with E-state index in [1.807, 2.05) is 54.6 Å². The van der Waals surface area contributed by atoms with E-state index in [2.05, 4.69) is 10.6 Å². The van der Waals surface area contributed by atoms with Crippen molar-refractivity contribution >= 4 is 11.7 Å². The molecule has 3 N–H and O–H groups in total. The Labute approximate surface area is 136 Å². The highest BCUT2D eigenvalue weighted by Gasteiger charge is 2.21. The van der Waals surface area contributed by atoms with Crippen molar-refractivity contribution in [2.45, 2.75) is 37.8 Å². The Morgan fingerprint density at radius 2 is 1.57 bits per heavy atom. The second-order valence-corrected chi connectivity index (χ2v) is 6.02. The molecule has 1 aliphatic rings. The molecule has 0 heterocycles. The van der Waals surface area contributed by atoms with Gasteiger partial charge in [0, 0.05) is 11.6 Å². The average Bonchev–Trinajstić information content (AvgIpc) is 2.58. The Morgan fingerprint density at radius 1 is 0.913 bits per heavy atom. The average molecular weight is 310 g/mol. The van der Waals surface area contributed by atoms with E-state index in [4.69, 9.17) is 0 Å². The van der Waals surface area contributed by atoms with E-state index >= 15 is 0 Å². The number of para-hydroxylation sites is 1. The number of hydrogen-bond acceptors (Lipinski definition) is 2. The minimum atomic E-state index is -0.213. The molecule has 120 valence electrons. The van der Waals surface area contributed by atoms with Crippen molar-refractivity contribution in [3.63, 3.8) is 0 Å². The summed E-state index contributed by atoms with van der Waals surface area (Å²) in [4.78, 5) is 12.3. The monoisotopic (exact) mass is 310 g/mol. The van der Waals surface area contributed by atoms with Gasteiger partial charge in [-0.15, -0.1) is 0 Å². The van der Waals surface area contributed by atoms with Crippen LogP contribution in [-0.2, 0) is 0 Å². The first-order chi connectivity index (χ1) is 11.2. The Balaban J connectivity index is 1.67. The highest BCUT2D eigenvalue weighted by atomic mass is 16.3. The summed E-state index contributed by atoms with van der Waals surface area (Å²) in [6, 6.07) is 17.8. The molecule has 1 aliphatic carbocycles. The van der Waals surface area contributed by atoms with Gasteiger partial charge in [-0.1, -0.05) is 48.5 Å². The number of aliphatic hydroxyl groups is 1. The number of benzene rings is 2. The lowest BCUT2D eigenvalue weighted by atomic mass is 9.93. The van der Waals surface area contributed by atoms with Crippen LogP contribution in [0.2, 0.25) is 0 Å². The van der Waals surface area contributed by atoms with Gasteiger partial charge in [-0.25, -0.2) is 4.79 Å². The Hall–Kier alpha value is -2.33. The normalized spacial score (nSPS) is 20.7. The van der Waals surface area contributed by atoms with Crippen LogP contribution in [0.5, 0.6) is 0 Å². The maximum atomic E-state index is 12.3. The largest absolute Gasteiger partial charge is 0.393 e. The summed E-state index contributed by atoms with van der Waals surface area (Å²) in [5.41, 5.74) is 2.87. The molecule has 3 rings (SSSR count). The third kappa shape index (κ3) is 4.11. The van der Waals surface area contributed by atoms with Gasteiger partial charge in [-0.05, 0) is 37.3 Å². The van der Waals surface area contributed by atoms with Crippen molar-refractivity contribution in [3.05, 3.63) is 54.6 Å². The third-order valence-corrected chi connectivity index (χ3v) is 4.29. The second-order valence-electron chi connectivity index (χ2n) is 6.02. The lowest BCUT2D eigenvalue weighted by Crippen LogP contribution is -2.40. The zero-order chi connectivity index (χ0) is 16.1. The van der Waals surface area contributed by atoms with Gasteiger partial charge in [-0.3, -0.25) is 0 Å². The number of hydrogen-bond donors (Lipinski definition) is 3. The molecule has 23 heavy (non-hydrogen) atoms. The summed E-state index contributed by atoms with van der Waals surface area (Å²) >= 11 is 0. The number of urea groups is 1. The number of nitrogens with one attached hydrogen (secondary N) is 2. The van der Waals surface area contributed by atoms with Gasteiger partial charge in [0.25, 0.3) is 0 Å². The van der Waals surface area contributed by atoms with Gasteiger partial charge in [0.15, 0.2) is 0 Å². The highest BCUT2D eigenvalue weighted by molar-refractivity contribution is 5.94. The van der Waals surface area contributed by atoms with Crippen LogP contribution < -0.4 is 10.6 Å². The van der Waals surface area contributed by atoms with Gasteiger partial charge in [0.2, 0.25) is 0 Å². The van der Waals surface area contributed by atoms with E-state index in [-0.39, 0.29) is 18.2 Å². The number of carbonyl (C=O) groups is 1. The molecule has 0 spiro atoms. The summed E-state index contributed by atoms with van der Waals surface area (Å²) < 4.78 is 0. The van der Waals surface area contributed by atoms with E-state index in [1.165, 1.54) is 0 Å². The molecule has 4 nitrogen and oxygen atoms in total. The number of anilines is 1. The number of carbonyl (C=O) groups excluding carboxylic acids is 1. The van der Waals surface area contributed by atoms with Crippen molar-refractivity contribution < 1.29 is 9.90 Å². The van der Waals surface area contributed by atoms with Crippen molar-refractivity contribution in [2.75, 3.05) is 5.32 Å². The molecule has 0 bridgehead atoms. The van der Waals surface area contributed by atoms with Gasteiger partial charge in [0.05, 0.1) is 11.8 Å². The fourth-order valence-electron chi connectivity index (χ4n) is 3.03. The second kappa shape index (κ2) is 7.29. The smallest absolute Gasteiger partial charge is 0.319 e. The first-order valence-corrected chi connectivity index (χ1v) is 8.12. The number of amides is 2. The SMILES string of the molecule is O=C(Nc1ccccc1-c1ccccc1)NC1CCC(O)CC1. The summed E-state index contributed by atoms with van der Waals surface area (Å²) in [6.45, 7) is 0. The molecule has 0 atom stereocenters. The van der Waals surface area contributed by atoms with E-state index < -0.39 is 0 Å². The van der Waals surface area contributed by atoms with Crippen molar-refractivity contribution in [2.24, 2.45) is 0 Å². The van der Waals surface area contributed by atoms with Crippen LogP contribution in [0, 0.1) is 0 Å². The lowest BCUT2D eigenvalue weighted by Gasteiger charge is -2.26. The number of aliphatic hydroxyl groups excluding tert-OH is 1. The Morgan fingerprint density at radius 3 is 2.30 bits per heavy atom. The molecule has 2 amide bonds. The zero-order valence-corrected chi connectivity index (χ0v) is 13.0. The molecule has 0 aromatic heterocycles. The van der Waals surface area contributed by atoms with Crippen LogP contribution in [0.1, 0.15) is 25.7 Å². The molecule has 4 heteroatoms. The summed E-state index contributed by atoms with van der Waals surface area (Å²) in [7, 11) is 0. The third-order valence-electron chi connectivity index (χ3n) is 4.29. The standard InChI is InChI=1S/C19H22N2O2/c22-16-12-10-15(11-13-16)20-19(23)21-18-9-5-4-8-17(18)14-6-2-1-3-7-14/h1-9,15-16,22H,10-13H2,(H2,20,21,23). The van der Waals surface area contributed by atoms with E-state index in [0.717, 1.165) is 42.5 Å². The van der Waals surface area contributed by atoms with Crippen LogP contribution in [0.15, 0.2) is 54.6 Å². The highest BCUT2D eigenvalue weighted by Crippen LogP contribution is 2.27. The van der Waals surface area contributed by atoms with Crippen molar-refractivity contribution in [1.82, 2.24) is 5.32 Å². The summed E-state index contributed by atoms with van der Waals surface area (Å²) in [6.07, 6.45) is 2.95. The van der Waals surface area contributed by atoms with Crippen LogP contribution in [-0.4, -0.2) is 23.3 Å². The van der Waals surface area contributed by atoms with Crippen LogP contribution in [0.25, 0.3) is 11.1 Å². The van der Waals surface area contributed by atoms with Gasteiger partial charge < -0.3 is 15.7 Å². The van der Waals surface area contributed by atoms with E-state index in [0.29, 0.717) is 0 Å². The first-order valence-electron chi connectivity index (χ1n) is 8.12. The quantitative estimate of drug-likeness (QED) is 0.808. The van der Waals surface area contributed by atoms with Crippen molar-refractivity contribution in [3.8, 4) is 11.1 Å². The molecule has 1 saturated carbocycles. The molecule has 0 unspecified atom stereocenters. The van der Waals surface area contributed by atoms with Crippen molar-refractivity contribution in [1.29, 1.82) is 0 Å². The molecule has 2 aromatic rings. The van der Waals surface area contributed by atoms with Crippen LogP contribution >= 0.6 is 0 Å². The van der Waals surface area contributed by atoms with Gasteiger partial charge in [0.1, 0.15) is 0 Å². The fraction of sp³-hybridized carbons (Fsp3) is 0.316.